The van der Waals surface area contributed by atoms with Gasteiger partial charge in [-0.25, -0.2) is 0 Å². The van der Waals surface area contributed by atoms with Crippen molar-refractivity contribution in [2.75, 3.05) is 12.4 Å². The van der Waals surface area contributed by atoms with Gasteiger partial charge in [-0.1, -0.05) is 35.7 Å². The van der Waals surface area contributed by atoms with Crippen molar-refractivity contribution in [1.82, 2.24) is 0 Å². The topological polar surface area (TPSA) is 21.3 Å². The number of methoxy groups -OCH3 is 1. The summed E-state index contributed by atoms with van der Waals surface area (Å²) >= 11 is 3.54. The Kier molecular flexibility index (Phi) is 5.07. The molecule has 1 saturated carbocycles. The van der Waals surface area contributed by atoms with Crippen LogP contribution in [-0.4, -0.2) is 19.3 Å². The molecule has 1 aromatic carbocycles. The fraction of sp³-hybridized carbons (Fsp3) is 0.600. The number of anilines is 1. The van der Waals surface area contributed by atoms with E-state index in [-0.39, 0.29) is 0 Å². The second-order valence-corrected chi connectivity index (χ2v) is 5.88. The van der Waals surface area contributed by atoms with E-state index in [0.717, 1.165) is 10.9 Å². The van der Waals surface area contributed by atoms with E-state index < -0.39 is 0 Å². The van der Waals surface area contributed by atoms with Crippen molar-refractivity contribution in [3.63, 3.8) is 0 Å². The van der Waals surface area contributed by atoms with Gasteiger partial charge in [-0.15, -0.1) is 0 Å². The Bertz CT molecular complexity index is 394. The van der Waals surface area contributed by atoms with Crippen molar-refractivity contribution in [2.45, 2.75) is 51.2 Å². The van der Waals surface area contributed by atoms with E-state index in [1.165, 1.54) is 36.9 Å². The van der Waals surface area contributed by atoms with Crippen LogP contribution in [0.3, 0.4) is 0 Å². The molecule has 1 aliphatic rings. The summed E-state index contributed by atoms with van der Waals surface area (Å²) in [5.41, 5.74) is 2.62. The number of rotatable bonds is 4. The first-order valence-electron chi connectivity index (χ1n) is 6.82. The lowest BCUT2D eigenvalue weighted by Crippen LogP contribution is -2.38. The monoisotopic (exact) mass is 311 g/mol. The van der Waals surface area contributed by atoms with Crippen LogP contribution in [0.15, 0.2) is 22.7 Å². The number of nitrogens with one attached hydrogen (secondary N) is 1. The quantitative estimate of drug-likeness (QED) is 0.891. The Morgan fingerprint density at radius 3 is 2.83 bits per heavy atom. The highest BCUT2D eigenvalue weighted by atomic mass is 79.9. The largest absolute Gasteiger partial charge is 0.379 e. The van der Waals surface area contributed by atoms with Crippen molar-refractivity contribution in [2.24, 2.45) is 0 Å². The average molecular weight is 312 g/mol. The van der Waals surface area contributed by atoms with Gasteiger partial charge in [0.25, 0.3) is 0 Å². The molecule has 2 nitrogen and oxygen atoms in total. The maximum absolute atomic E-state index is 5.60. The van der Waals surface area contributed by atoms with Crippen LogP contribution in [0.5, 0.6) is 0 Å². The molecule has 2 atom stereocenters. The zero-order valence-electron chi connectivity index (χ0n) is 11.2. The summed E-state index contributed by atoms with van der Waals surface area (Å²) in [5.74, 6) is 0. The SMILES string of the molecule is CCc1cc(Br)ccc1NC1CCCCC1OC. The van der Waals surface area contributed by atoms with Crippen molar-refractivity contribution in [3.05, 3.63) is 28.2 Å². The molecular formula is C15H22BrNO. The highest BCUT2D eigenvalue weighted by Crippen LogP contribution is 2.27. The standard InChI is InChI=1S/C15H22BrNO/c1-3-11-10-12(16)8-9-13(11)17-14-6-4-5-7-15(14)18-2/h8-10,14-15,17H,3-7H2,1-2H3. The summed E-state index contributed by atoms with van der Waals surface area (Å²) in [6, 6.07) is 6.93. The third-order valence-corrected chi connectivity index (χ3v) is 4.29. The molecule has 0 radical (unpaired) electrons. The molecule has 0 saturated heterocycles. The molecule has 1 N–H and O–H groups in total. The molecule has 0 aromatic heterocycles. The normalized spacial score (nSPS) is 23.9. The van der Waals surface area contributed by atoms with Crippen LogP contribution in [0, 0.1) is 0 Å². The molecule has 1 aromatic rings. The van der Waals surface area contributed by atoms with E-state index in [1.54, 1.807) is 0 Å². The van der Waals surface area contributed by atoms with Crippen LogP contribution in [-0.2, 0) is 11.2 Å². The van der Waals surface area contributed by atoms with Gasteiger partial charge < -0.3 is 10.1 Å². The Labute approximate surface area is 118 Å². The van der Waals surface area contributed by atoms with E-state index >= 15 is 0 Å². The molecule has 3 heteroatoms. The van der Waals surface area contributed by atoms with E-state index in [1.807, 2.05) is 7.11 Å². The van der Waals surface area contributed by atoms with Crippen LogP contribution in [0.2, 0.25) is 0 Å². The number of halogens is 1. The summed E-state index contributed by atoms with van der Waals surface area (Å²) in [6.45, 7) is 2.20. The molecule has 0 heterocycles. The Morgan fingerprint density at radius 2 is 2.11 bits per heavy atom. The minimum absolute atomic E-state index is 0.354. The van der Waals surface area contributed by atoms with Crippen molar-refractivity contribution < 1.29 is 4.74 Å². The fourth-order valence-electron chi connectivity index (χ4n) is 2.74. The van der Waals surface area contributed by atoms with Gasteiger partial charge in [0, 0.05) is 17.3 Å². The maximum Gasteiger partial charge on any atom is 0.0772 e. The van der Waals surface area contributed by atoms with E-state index in [0.29, 0.717) is 12.1 Å². The lowest BCUT2D eigenvalue weighted by Gasteiger charge is -2.32. The molecule has 0 amide bonds. The van der Waals surface area contributed by atoms with Crippen LogP contribution in [0.1, 0.15) is 38.2 Å². The lowest BCUT2D eigenvalue weighted by atomic mass is 9.92. The summed E-state index contributed by atoms with van der Waals surface area (Å²) in [7, 11) is 1.83. The number of aryl methyl sites for hydroxylation is 1. The predicted molar refractivity (Wildman–Crippen MR) is 80.2 cm³/mol. The molecule has 100 valence electrons. The van der Waals surface area contributed by atoms with Gasteiger partial charge in [0.2, 0.25) is 0 Å². The maximum atomic E-state index is 5.60. The Morgan fingerprint density at radius 1 is 1.33 bits per heavy atom. The number of hydrogen-bond donors (Lipinski definition) is 1. The van der Waals surface area contributed by atoms with Crippen LogP contribution in [0.4, 0.5) is 5.69 Å². The van der Waals surface area contributed by atoms with Gasteiger partial charge in [0.05, 0.1) is 12.1 Å². The van der Waals surface area contributed by atoms with Crippen molar-refractivity contribution in [3.8, 4) is 0 Å². The Balaban J connectivity index is 2.12. The molecule has 18 heavy (non-hydrogen) atoms. The van der Waals surface area contributed by atoms with Gasteiger partial charge in [0.1, 0.15) is 0 Å². The second-order valence-electron chi connectivity index (χ2n) is 4.96. The van der Waals surface area contributed by atoms with Crippen LogP contribution in [0.25, 0.3) is 0 Å². The first-order chi connectivity index (χ1) is 8.74. The second kappa shape index (κ2) is 6.58. The zero-order valence-corrected chi connectivity index (χ0v) is 12.8. The smallest absolute Gasteiger partial charge is 0.0772 e. The van der Waals surface area contributed by atoms with Crippen molar-refractivity contribution >= 4 is 21.6 Å². The molecular weight excluding hydrogens is 290 g/mol. The van der Waals surface area contributed by atoms with Gasteiger partial charge in [0.15, 0.2) is 0 Å². The Hall–Kier alpha value is -0.540. The zero-order chi connectivity index (χ0) is 13.0. The highest BCUT2D eigenvalue weighted by Gasteiger charge is 2.25. The number of benzene rings is 1. The van der Waals surface area contributed by atoms with Gasteiger partial charge in [-0.05, 0) is 43.0 Å². The minimum atomic E-state index is 0.354. The summed E-state index contributed by atoms with van der Waals surface area (Å²) < 4.78 is 6.75. The summed E-state index contributed by atoms with van der Waals surface area (Å²) in [6.07, 6.45) is 6.37. The van der Waals surface area contributed by atoms with Crippen LogP contribution >= 0.6 is 15.9 Å². The van der Waals surface area contributed by atoms with Gasteiger partial charge in [-0.3, -0.25) is 0 Å². The first-order valence-corrected chi connectivity index (χ1v) is 7.61. The average Bonchev–Trinajstić information content (AvgIpc) is 2.41. The van der Waals surface area contributed by atoms with Crippen LogP contribution < -0.4 is 5.32 Å². The minimum Gasteiger partial charge on any atom is -0.379 e. The molecule has 2 unspecified atom stereocenters. The summed E-state index contributed by atoms with van der Waals surface area (Å²) in [5, 5.41) is 3.68. The lowest BCUT2D eigenvalue weighted by molar-refractivity contribution is 0.0606. The molecule has 1 aliphatic carbocycles. The third kappa shape index (κ3) is 3.27. The molecule has 0 spiro atoms. The van der Waals surface area contributed by atoms with E-state index in [9.17, 15) is 0 Å². The molecule has 0 aliphatic heterocycles. The van der Waals surface area contributed by atoms with Crippen molar-refractivity contribution in [1.29, 1.82) is 0 Å². The predicted octanol–water partition coefficient (Wildman–Crippen LogP) is 4.38. The number of hydrogen-bond acceptors (Lipinski definition) is 2. The molecule has 1 fully saturated rings. The molecule has 2 rings (SSSR count). The van der Waals surface area contributed by atoms with E-state index in [2.05, 4.69) is 46.4 Å². The third-order valence-electron chi connectivity index (χ3n) is 3.79. The van der Waals surface area contributed by atoms with Gasteiger partial charge in [-0.2, -0.15) is 0 Å². The van der Waals surface area contributed by atoms with Gasteiger partial charge >= 0.3 is 0 Å². The number of ether oxygens (including phenoxy) is 1. The molecule has 0 bridgehead atoms. The summed E-state index contributed by atoms with van der Waals surface area (Å²) in [4.78, 5) is 0. The highest BCUT2D eigenvalue weighted by molar-refractivity contribution is 9.10. The first kappa shape index (κ1) is 13.9. The fourth-order valence-corrected chi connectivity index (χ4v) is 3.15. The van der Waals surface area contributed by atoms with E-state index in [4.69, 9.17) is 4.74 Å².